The Morgan fingerprint density at radius 2 is 1.79 bits per heavy atom. The Morgan fingerprint density at radius 3 is 2.48 bits per heavy atom. The zero-order chi connectivity index (χ0) is 20.4. The second-order valence-corrected chi connectivity index (χ2v) is 9.79. The maximum atomic E-state index is 12.6. The number of benzene rings is 2. The zero-order valence-electron chi connectivity index (χ0n) is 15.8. The summed E-state index contributed by atoms with van der Waals surface area (Å²) in [5.41, 5.74) is 2.42. The summed E-state index contributed by atoms with van der Waals surface area (Å²) < 4.78 is 26.6. The van der Waals surface area contributed by atoms with Crippen molar-refractivity contribution in [3.8, 4) is 10.6 Å². The molecular formula is C20H20N4O3S2. The van der Waals surface area contributed by atoms with E-state index in [9.17, 15) is 13.2 Å². The summed E-state index contributed by atoms with van der Waals surface area (Å²) in [6.07, 6.45) is 1.76. The molecule has 0 atom stereocenters. The molecule has 0 aliphatic carbocycles. The Morgan fingerprint density at radius 1 is 1.07 bits per heavy atom. The number of carbonyl (C=O) groups is 1. The smallest absolute Gasteiger partial charge is 0.257 e. The third kappa shape index (κ3) is 4.21. The summed E-state index contributed by atoms with van der Waals surface area (Å²) in [5, 5.41) is 12.0. The Balaban J connectivity index is 1.46. The van der Waals surface area contributed by atoms with Crippen LogP contribution in [-0.4, -0.2) is 41.9 Å². The molecule has 0 saturated carbocycles. The maximum absolute atomic E-state index is 12.6. The standard InChI is InChI=1S/C20H20N4O3S2/c1-14-5-4-6-16(13-14)19-22-23-20(28-19)21-18(25)15-7-9-17(10-8-15)29(26,27)24-11-2-3-12-24/h4-10,13H,2-3,11-12H2,1H3,(H,21,23,25). The van der Waals surface area contributed by atoms with Gasteiger partial charge < -0.3 is 0 Å². The van der Waals surface area contributed by atoms with E-state index in [1.165, 1.54) is 39.9 Å². The number of rotatable bonds is 5. The van der Waals surface area contributed by atoms with Crippen LogP contribution in [0, 0.1) is 6.92 Å². The summed E-state index contributed by atoms with van der Waals surface area (Å²) in [4.78, 5) is 12.7. The van der Waals surface area contributed by atoms with E-state index in [0.717, 1.165) is 29.0 Å². The molecule has 4 rings (SSSR count). The number of aromatic nitrogens is 2. The normalized spacial score (nSPS) is 14.8. The SMILES string of the molecule is Cc1cccc(-c2nnc(NC(=O)c3ccc(S(=O)(=O)N4CCCC4)cc3)s2)c1. The molecule has 29 heavy (non-hydrogen) atoms. The monoisotopic (exact) mass is 428 g/mol. The highest BCUT2D eigenvalue weighted by Gasteiger charge is 2.27. The number of nitrogens with zero attached hydrogens (tertiary/aromatic N) is 3. The molecule has 0 unspecified atom stereocenters. The topological polar surface area (TPSA) is 92.3 Å². The molecule has 1 fully saturated rings. The molecule has 0 spiro atoms. The van der Waals surface area contributed by atoms with Crippen LogP contribution in [0.15, 0.2) is 53.4 Å². The van der Waals surface area contributed by atoms with Gasteiger partial charge in [0.1, 0.15) is 5.01 Å². The Hall–Kier alpha value is -2.62. The lowest BCUT2D eigenvalue weighted by Crippen LogP contribution is -2.27. The predicted octanol–water partition coefficient (Wildman–Crippen LogP) is 3.55. The van der Waals surface area contributed by atoms with Crippen molar-refractivity contribution in [1.29, 1.82) is 0 Å². The Labute approximate surface area is 173 Å². The van der Waals surface area contributed by atoms with Crippen LogP contribution in [0.5, 0.6) is 0 Å². The molecule has 1 aromatic heterocycles. The minimum absolute atomic E-state index is 0.202. The van der Waals surface area contributed by atoms with Gasteiger partial charge in [0.2, 0.25) is 15.2 Å². The molecule has 3 aromatic rings. The van der Waals surface area contributed by atoms with Crippen LogP contribution in [-0.2, 0) is 10.0 Å². The zero-order valence-corrected chi connectivity index (χ0v) is 17.5. The average Bonchev–Trinajstić information content (AvgIpc) is 3.41. The van der Waals surface area contributed by atoms with E-state index in [4.69, 9.17) is 0 Å². The molecule has 150 valence electrons. The van der Waals surface area contributed by atoms with Crippen LogP contribution in [0.4, 0.5) is 5.13 Å². The quantitative estimate of drug-likeness (QED) is 0.671. The molecule has 0 radical (unpaired) electrons. The van der Waals surface area contributed by atoms with E-state index in [1.54, 1.807) is 0 Å². The average molecular weight is 429 g/mol. The molecule has 1 N–H and O–H groups in total. The molecule has 1 saturated heterocycles. The number of anilines is 1. The second kappa shape index (κ2) is 8.02. The largest absolute Gasteiger partial charge is 0.296 e. The number of nitrogens with one attached hydrogen (secondary N) is 1. The van der Waals surface area contributed by atoms with Gasteiger partial charge in [-0.1, -0.05) is 35.1 Å². The van der Waals surface area contributed by atoms with Crippen LogP contribution < -0.4 is 5.32 Å². The van der Waals surface area contributed by atoms with E-state index >= 15 is 0 Å². The van der Waals surface area contributed by atoms with Gasteiger partial charge in [-0.05, 0) is 50.1 Å². The second-order valence-electron chi connectivity index (χ2n) is 6.87. The summed E-state index contributed by atoms with van der Waals surface area (Å²) in [6, 6.07) is 13.9. The van der Waals surface area contributed by atoms with Crippen LogP contribution in [0.1, 0.15) is 28.8 Å². The minimum Gasteiger partial charge on any atom is -0.296 e. The summed E-state index contributed by atoms with van der Waals surface area (Å²) in [5.74, 6) is -0.359. The first-order valence-electron chi connectivity index (χ1n) is 9.25. The fraction of sp³-hybridized carbons (Fsp3) is 0.250. The highest BCUT2D eigenvalue weighted by Crippen LogP contribution is 2.27. The van der Waals surface area contributed by atoms with E-state index in [2.05, 4.69) is 15.5 Å². The highest BCUT2D eigenvalue weighted by molar-refractivity contribution is 7.89. The van der Waals surface area contributed by atoms with Crippen LogP contribution in [0.3, 0.4) is 0 Å². The van der Waals surface area contributed by atoms with E-state index in [1.807, 2.05) is 31.2 Å². The number of hydrogen-bond donors (Lipinski definition) is 1. The van der Waals surface area contributed by atoms with E-state index < -0.39 is 10.0 Å². The molecule has 9 heteroatoms. The molecule has 1 aliphatic rings. The first-order chi connectivity index (χ1) is 13.9. The summed E-state index contributed by atoms with van der Waals surface area (Å²) in [6.45, 7) is 3.09. The first kappa shape index (κ1) is 19.7. The van der Waals surface area contributed by atoms with Crippen LogP contribution in [0.2, 0.25) is 0 Å². The van der Waals surface area contributed by atoms with Gasteiger partial charge in [0.15, 0.2) is 0 Å². The molecule has 2 heterocycles. The molecule has 1 aliphatic heterocycles. The van der Waals surface area contributed by atoms with Gasteiger partial charge in [-0.15, -0.1) is 10.2 Å². The Kier molecular flexibility index (Phi) is 5.44. The number of hydrogen-bond acceptors (Lipinski definition) is 6. The van der Waals surface area contributed by atoms with Gasteiger partial charge >= 0.3 is 0 Å². The van der Waals surface area contributed by atoms with Crippen molar-refractivity contribution in [1.82, 2.24) is 14.5 Å². The lowest BCUT2D eigenvalue weighted by molar-refractivity contribution is 0.102. The molecular weight excluding hydrogens is 408 g/mol. The van der Waals surface area contributed by atoms with Crippen molar-refractivity contribution in [2.24, 2.45) is 0 Å². The first-order valence-corrected chi connectivity index (χ1v) is 11.5. The maximum Gasteiger partial charge on any atom is 0.257 e. The van der Waals surface area contributed by atoms with E-state index in [-0.39, 0.29) is 10.8 Å². The third-order valence-corrected chi connectivity index (χ3v) is 7.53. The van der Waals surface area contributed by atoms with Crippen molar-refractivity contribution >= 4 is 32.4 Å². The minimum atomic E-state index is -3.49. The van der Waals surface area contributed by atoms with Crippen molar-refractivity contribution in [2.45, 2.75) is 24.7 Å². The molecule has 0 bridgehead atoms. The highest BCUT2D eigenvalue weighted by atomic mass is 32.2. The van der Waals surface area contributed by atoms with Crippen LogP contribution in [0.25, 0.3) is 10.6 Å². The molecule has 1 amide bonds. The number of aryl methyl sites for hydroxylation is 1. The van der Waals surface area contributed by atoms with Gasteiger partial charge in [-0.2, -0.15) is 4.31 Å². The fourth-order valence-electron chi connectivity index (χ4n) is 3.19. The fourth-order valence-corrected chi connectivity index (χ4v) is 5.45. The number of sulfonamides is 1. The predicted molar refractivity (Wildman–Crippen MR) is 112 cm³/mol. The van der Waals surface area contributed by atoms with Gasteiger partial charge in [0, 0.05) is 24.2 Å². The Bertz CT molecular complexity index is 1130. The van der Waals surface area contributed by atoms with Crippen molar-refractivity contribution in [3.05, 3.63) is 59.7 Å². The molecule has 7 nitrogen and oxygen atoms in total. The van der Waals surface area contributed by atoms with Gasteiger partial charge in [0.25, 0.3) is 5.91 Å². The molecule has 2 aromatic carbocycles. The van der Waals surface area contributed by atoms with Gasteiger partial charge in [0.05, 0.1) is 4.90 Å². The number of carbonyl (C=O) groups excluding carboxylic acids is 1. The van der Waals surface area contributed by atoms with Crippen molar-refractivity contribution in [2.75, 3.05) is 18.4 Å². The number of amides is 1. The van der Waals surface area contributed by atoms with Gasteiger partial charge in [-0.3, -0.25) is 10.1 Å². The third-order valence-electron chi connectivity index (χ3n) is 4.73. The van der Waals surface area contributed by atoms with Crippen molar-refractivity contribution in [3.63, 3.8) is 0 Å². The van der Waals surface area contributed by atoms with E-state index in [0.29, 0.717) is 23.8 Å². The van der Waals surface area contributed by atoms with Crippen LogP contribution >= 0.6 is 11.3 Å². The van der Waals surface area contributed by atoms with Gasteiger partial charge in [-0.25, -0.2) is 8.42 Å². The lowest BCUT2D eigenvalue weighted by Gasteiger charge is -2.15. The lowest BCUT2D eigenvalue weighted by atomic mass is 10.1. The summed E-state index contributed by atoms with van der Waals surface area (Å²) >= 11 is 1.29. The summed E-state index contributed by atoms with van der Waals surface area (Å²) in [7, 11) is -3.49. The van der Waals surface area contributed by atoms with Crippen molar-refractivity contribution < 1.29 is 13.2 Å².